The van der Waals surface area contributed by atoms with Crippen molar-refractivity contribution in [2.45, 2.75) is 0 Å². The molecule has 2 aromatic carbocycles. The second-order valence-corrected chi connectivity index (χ2v) is 4.17. The molecule has 0 radical (unpaired) electrons. The summed E-state index contributed by atoms with van der Waals surface area (Å²) in [6, 6.07) is 21.2. The van der Waals surface area contributed by atoms with Gasteiger partial charge in [-0.25, -0.2) is 0 Å². The first-order valence-electron chi connectivity index (χ1n) is 6.30. The highest BCUT2D eigenvalue weighted by Gasteiger charge is 2.08. The number of nitriles is 3. The van der Waals surface area contributed by atoms with E-state index in [4.69, 9.17) is 15.8 Å². The summed E-state index contributed by atoms with van der Waals surface area (Å²) in [6.07, 6.45) is 0. The van der Waals surface area contributed by atoms with Gasteiger partial charge >= 0.3 is 0 Å². The Bertz CT molecular complexity index is 825. The van der Waals surface area contributed by atoms with E-state index in [-0.39, 0.29) is 11.1 Å². The van der Waals surface area contributed by atoms with E-state index < -0.39 is 0 Å². The molecular formula is C17H9N5. The Labute approximate surface area is 127 Å². The highest BCUT2D eigenvalue weighted by atomic mass is 15.1. The topological polar surface area (TPSA) is 96.1 Å². The average Bonchev–Trinajstić information content (AvgIpc) is 2.59. The summed E-state index contributed by atoms with van der Waals surface area (Å²) in [5, 5.41) is 34.9. The molecule has 0 fully saturated rings. The molecule has 0 saturated heterocycles. The standard InChI is InChI=1S/C17H9N5/c18-10-14(11-19)17(12-20)13-6-8-16(9-7-13)22-21-15-4-2-1-3-5-15/h1-9H. The maximum atomic E-state index is 9.08. The van der Waals surface area contributed by atoms with Crippen LogP contribution in [-0.4, -0.2) is 0 Å². The molecule has 0 aliphatic carbocycles. The van der Waals surface area contributed by atoms with Crippen molar-refractivity contribution >= 4 is 16.9 Å². The third-order valence-corrected chi connectivity index (χ3v) is 2.78. The lowest BCUT2D eigenvalue weighted by atomic mass is 10.0. The fourth-order valence-corrected chi connectivity index (χ4v) is 1.71. The molecule has 2 rings (SSSR count). The number of allylic oxidation sites excluding steroid dienone is 2. The van der Waals surface area contributed by atoms with Crippen molar-refractivity contribution in [3.8, 4) is 18.2 Å². The number of hydrogen-bond acceptors (Lipinski definition) is 5. The van der Waals surface area contributed by atoms with E-state index >= 15 is 0 Å². The van der Waals surface area contributed by atoms with E-state index in [9.17, 15) is 0 Å². The first-order chi connectivity index (χ1) is 10.8. The molecular weight excluding hydrogens is 274 g/mol. The fraction of sp³-hybridized carbons (Fsp3) is 0. The highest BCUT2D eigenvalue weighted by molar-refractivity contribution is 5.84. The third-order valence-electron chi connectivity index (χ3n) is 2.78. The van der Waals surface area contributed by atoms with Gasteiger partial charge in [-0.15, -0.1) is 0 Å². The van der Waals surface area contributed by atoms with Gasteiger partial charge < -0.3 is 0 Å². The smallest absolute Gasteiger partial charge is 0.148 e. The minimum Gasteiger partial charge on any atom is -0.192 e. The number of rotatable bonds is 3. The second-order valence-electron chi connectivity index (χ2n) is 4.17. The zero-order valence-corrected chi connectivity index (χ0v) is 11.4. The van der Waals surface area contributed by atoms with Crippen molar-refractivity contribution in [3.05, 3.63) is 65.7 Å². The summed E-state index contributed by atoms with van der Waals surface area (Å²) in [4.78, 5) is 0. The molecule has 0 aromatic heterocycles. The molecule has 102 valence electrons. The minimum atomic E-state index is -0.207. The van der Waals surface area contributed by atoms with Crippen LogP contribution >= 0.6 is 0 Å². The fourth-order valence-electron chi connectivity index (χ4n) is 1.71. The van der Waals surface area contributed by atoms with Gasteiger partial charge in [-0.2, -0.15) is 26.0 Å². The Morgan fingerprint density at radius 1 is 0.682 bits per heavy atom. The van der Waals surface area contributed by atoms with Gasteiger partial charge in [-0.1, -0.05) is 30.3 Å². The third kappa shape index (κ3) is 3.42. The van der Waals surface area contributed by atoms with Gasteiger partial charge in [0, 0.05) is 0 Å². The predicted octanol–water partition coefficient (Wildman–Crippen LogP) is 4.43. The average molecular weight is 283 g/mol. The van der Waals surface area contributed by atoms with Gasteiger partial charge in [-0.3, -0.25) is 0 Å². The minimum absolute atomic E-state index is 0.0524. The normalized spacial score (nSPS) is 9.50. The van der Waals surface area contributed by atoms with Crippen molar-refractivity contribution in [2.75, 3.05) is 0 Å². The zero-order chi connectivity index (χ0) is 15.8. The largest absolute Gasteiger partial charge is 0.192 e. The van der Waals surface area contributed by atoms with E-state index in [1.807, 2.05) is 36.4 Å². The molecule has 0 amide bonds. The van der Waals surface area contributed by atoms with Crippen LogP contribution in [0.1, 0.15) is 5.56 Å². The summed E-state index contributed by atoms with van der Waals surface area (Å²) in [6.45, 7) is 0. The van der Waals surface area contributed by atoms with Gasteiger partial charge in [0.2, 0.25) is 0 Å². The van der Waals surface area contributed by atoms with E-state index in [2.05, 4.69) is 10.2 Å². The Hall–Kier alpha value is -3.75. The summed E-state index contributed by atoms with van der Waals surface area (Å²) < 4.78 is 0. The number of nitrogens with zero attached hydrogens (tertiary/aromatic N) is 5. The molecule has 2 aromatic rings. The Balaban J connectivity index is 2.27. The summed E-state index contributed by atoms with van der Waals surface area (Å²) in [7, 11) is 0. The molecule has 0 N–H and O–H groups in total. The molecule has 5 heteroatoms. The molecule has 0 saturated carbocycles. The Morgan fingerprint density at radius 3 is 1.73 bits per heavy atom. The molecule has 0 bridgehead atoms. The Morgan fingerprint density at radius 2 is 1.23 bits per heavy atom. The quantitative estimate of drug-likeness (QED) is 0.615. The zero-order valence-electron chi connectivity index (χ0n) is 11.4. The van der Waals surface area contributed by atoms with Crippen molar-refractivity contribution in [1.29, 1.82) is 15.8 Å². The van der Waals surface area contributed by atoms with Crippen LogP contribution in [0.5, 0.6) is 0 Å². The maximum absolute atomic E-state index is 9.08. The van der Waals surface area contributed by atoms with E-state index in [0.29, 0.717) is 11.3 Å². The van der Waals surface area contributed by atoms with Gasteiger partial charge in [0.15, 0.2) is 0 Å². The highest BCUT2D eigenvalue weighted by Crippen LogP contribution is 2.22. The maximum Gasteiger partial charge on any atom is 0.148 e. The van der Waals surface area contributed by atoms with Gasteiger partial charge in [0.05, 0.1) is 16.9 Å². The summed E-state index contributed by atoms with van der Waals surface area (Å²) >= 11 is 0. The van der Waals surface area contributed by atoms with Gasteiger partial charge in [-0.05, 0) is 29.8 Å². The first kappa shape index (κ1) is 14.7. The van der Waals surface area contributed by atoms with Crippen LogP contribution in [0.2, 0.25) is 0 Å². The second kappa shape index (κ2) is 7.14. The van der Waals surface area contributed by atoms with E-state index in [1.165, 1.54) is 0 Å². The van der Waals surface area contributed by atoms with E-state index in [0.717, 1.165) is 5.69 Å². The predicted molar refractivity (Wildman–Crippen MR) is 80.8 cm³/mol. The SMILES string of the molecule is N#CC(C#N)=C(C#N)c1ccc(N=Nc2ccccc2)cc1. The molecule has 5 nitrogen and oxygen atoms in total. The molecule has 0 heterocycles. The van der Waals surface area contributed by atoms with E-state index in [1.54, 1.807) is 36.4 Å². The Kier molecular flexibility index (Phi) is 4.76. The molecule has 0 aliphatic rings. The van der Waals surface area contributed by atoms with Crippen molar-refractivity contribution in [3.63, 3.8) is 0 Å². The molecule has 0 spiro atoms. The number of hydrogen-bond donors (Lipinski definition) is 0. The van der Waals surface area contributed by atoms with Crippen LogP contribution < -0.4 is 0 Å². The molecule has 0 unspecified atom stereocenters. The molecule has 0 atom stereocenters. The van der Waals surface area contributed by atoms with Crippen LogP contribution in [-0.2, 0) is 0 Å². The van der Waals surface area contributed by atoms with Crippen molar-refractivity contribution < 1.29 is 0 Å². The van der Waals surface area contributed by atoms with Crippen LogP contribution in [0.3, 0.4) is 0 Å². The van der Waals surface area contributed by atoms with Crippen LogP contribution in [0.25, 0.3) is 5.57 Å². The lowest BCUT2D eigenvalue weighted by Crippen LogP contribution is -1.86. The monoisotopic (exact) mass is 283 g/mol. The number of benzene rings is 2. The molecule has 22 heavy (non-hydrogen) atoms. The van der Waals surface area contributed by atoms with Crippen molar-refractivity contribution in [1.82, 2.24) is 0 Å². The van der Waals surface area contributed by atoms with Crippen LogP contribution in [0.15, 0.2) is 70.4 Å². The van der Waals surface area contributed by atoms with Crippen molar-refractivity contribution in [2.24, 2.45) is 10.2 Å². The number of azo groups is 1. The lowest BCUT2D eigenvalue weighted by Gasteiger charge is -1.99. The molecule has 0 aliphatic heterocycles. The summed E-state index contributed by atoms with van der Waals surface area (Å²) in [5.41, 5.74) is 1.69. The van der Waals surface area contributed by atoms with Gasteiger partial charge in [0.1, 0.15) is 23.8 Å². The summed E-state index contributed by atoms with van der Waals surface area (Å²) in [5.74, 6) is 0. The van der Waals surface area contributed by atoms with Crippen LogP contribution in [0.4, 0.5) is 11.4 Å². The first-order valence-corrected chi connectivity index (χ1v) is 6.30. The lowest BCUT2D eigenvalue weighted by molar-refractivity contribution is 1.23. The van der Waals surface area contributed by atoms with Crippen LogP contribution in [0, 0.1) is 34.0 Å². The van der Waals surface area contributed by atoms with Gasteiger partial charge in [0.25, 0.3) is 0 Å².